The maximum atomic E-state index is 10.2. The van der Waals surface area contributed by atoms with Gasteiger partial charge < -0.3 is 15.3 Å². The Labute approximate surface area is 156 Å². The third-order valence-electron chi connectivity index (χ3n) is 4.69. The molecule has 136 valence electrons. The number of nitrogens with one attached hydrogen (secondary N) is 1. The number of halogens is 1. The molecule has 0 unspecified atom stereocenters. The number of benzene rings is 1. The molecule has 1 aliphatic heterocycles. The maximum Gasteiger partial charge on any atom is 0.225 e. The summed E-state index contributed by atoms with van der Waals surface area (Å²) in [5.41, 5.74) is 2.01. The summed E-state index contributed by atoms with van der Waals surface area (Å²) < 4.78 is 1.62. The van der Waals surface area contributed by atoms with Crippen molar-refractivity contribution in [1.82, 2.24) is 24.6 Å². The summed E-state index contributed by atoms with van der Waals surface area (Å²) in [6.45, 7) is 3.99. The Kier molecular flexibility index (Phi) is 4.42. The lowest BCUT2D eigenvalue weighted by Crippen LogP contribution is -2.40. The van der Waals surface area contributed by atoms with Crippen molar-refractivity contribution < 1.29 is 5.11 Å². The quantitative estimate of drug-likeness (QED) is 0.735. The number of aryl methyl sites for hydroxylation is 1. The largest absolute Gasteiger partial charge is 0.506 e. The molecule has 8 heteroatoms. The van der Waals surface area contributed by atoms with Gasteiger partial charge in [0.2, 0.25) is 5.95 Å². The molecule has 1 fully saturated rings. The first-order chi connectivity index (χ1) is 12.5. The van der Waals surface area contributed by atoms with Crippen LogP contribution in [0.4, 0.5) is 5.95 Å². The van der Waals surface area contributed by atoms with E-state index in [2.05, 4.69) is 32.3 Å². The van der Waals surface area contributed by atoms with Crippen LogP contribution in [0, 0.1) is 6.92 Å². The molecule has 1 aromatic carbocycles. The fourth-order valence-electron chi connectivity index (χ4n) is 3.48. The number of likely N-dealkylation sites (N-methyl/N-ethyl adjacent to an activating group) is 1. The molecule has 3 aromatic rings. The van der Waals surface area contributed by atoms with Crippen LogP contribution in [0.3, 0.4) is 0 Å². The van der Waals surface area contributed by atoms with Crippen LogP contribution in [0.2, 0.25) is 5.02 Å². The van der Waals surface area contributed by atoms with E-state index in [-0.39, 0.29) is 5.75 Å². The van der Waals surface area contributed by atoms with Gasteiger partial charge in [0.1, 0.15) is 11.4 Å². The Morgan fingerprint density at radius 1 is 1.35 bits per heavy atom. The average Bonchev–Trinajstić information content (AvgIpc) is 2.96. The molecular weight excluding hydrogens is 352 g/mol. The number of hydrogen-bond acceptors (Lipinski definition) is 6. The van der Waals surface area contributed by atoms with E-state index >= 15 is 0 Å². The Morgan fingerprint density at radius 3 is 2.96 bits per heavy atom. The number of likely N-dealkylation sites (tertiary alicyclic amines) is 1. The summed E-state index contributed by atoms with van der Waals surface area (Å²) in [6.07, 6.45) is 5.84. The molecule has 2 N–H and O–H groups in total. The Bertz CT molecular complexity index is 933. The van der Waals surface area contributed by atoms with E-state index in [1.54, 1.807) is 16.9 Å². The van der Waals surface area contributed by atoms with E-state index in [4.69, 9.17) is 11.6 Å². The van der Waals surface area contributed by atoms with E-state index in [0.717, 1.165) is 30.5 Å². The first-order valence-corrected chi connectivity index (χ1v) is 9.04. The van der Waals surface area contributed by atoms with Gasteiger partial charge in [0.05, 0.1) is 5.39 Å². The topological polar surface area (TPSA) is 79.1 Å². The van der Waals surface area contributed by atoms with Gasteiger partial charge >= 0.3 is 0 Å². The smallest absolute Gasteiger partial charge is 0.225 e. The molecule has 0 radical (unpaired) electrons. The molecule has 0 spiro atoms. The monoisotopic (exact) mass is 372 g/mol. The molecule has 2 aromatic heterocycles. The van der Waals surface area contributed by atoms with Crippen LogP contribution >= 0.6 is 11.6 Å². The second-order valence-electron chi connectivity index (χ2n) is 6.88. The number of aromatic hydroxyl groups is 1. The van der Waals surface area contributed by atoms with Crippen molar-refractivity contribution in [3.05, 3.63) is 35.1 Å². The zero-order chi connectivity index (χ0) is 18.3. The van der Waals surface area contributed by atoms with Gasteiger partial charge in [-0.05, 0) is 45.0 Å². The summed E-state index contributed by atoms with van der Waals surface area (Å²) >= 11 is 5.99. The van der Waals surface area contributed by atoms with Gasteiger partial charge in [-0.3, -0.25) is 0 Å². The molecule has 0 saturated carbocycles. The van der Waals surface area contributed by atoms with E-state index < -0.39 is 0 Å². The number of phenols is 1. The lowest BCUT2D eigenvalue weighted by molar-refractivity contribution is 0.260. The average molecular weight is 373 g/mol. The van der Waals surface area contributed by atoms with Gasteiger partial charge in [0.15, 0.2) is 5.65 Å². The zero-order valence-electron chi connectivity index (χ0n) is 14.8. The molecule has 0 amide bonds. The third-order valence-corrected chi connectivity index (χ3v) is 4.91. The van der Waals surface area contributed by atoms with E-state index in [1.165, 1.54) is 12.5 Å². The van der Waals surface area contributed by atoms with Crippen LogP contribution < -0.4 is 5.32 Å². The first-order valence-electron chi connectivity index (χ1n) is 8.66. The van der Waals surface area contributed by atoms with Crippen LogP contribution in [0.15, 0.2) is 24.5 Å². The summed E-state index contributed by atoms with van der Waals surface area (Å²) in [5.74, 6) is 0.666. The van der Waals surface area contributed by atoms with Gasteiger partial charge in [0.25, 0.3) is 0 Å². The van der Waals surface area contributed by atoms with Crippen LogP contribution in [0.25, 0.3) is 16.7 Å². The minimum atomic E-state index is 0.0827. The highest BCUT2D eigenvalue weighted by Gasteiger charge is 2.18. The van der Waals surface area contributed by atoms with Gasteiger partial charge in [0, 0.05) is 36.1 Å². The molecule has 0 bridgehead atoms. The van der Waals surface area contributed by atoms with Crippen LogP contribution in [-0.2, 0) is 0 Å². The van der Waals surface area contributed by atoms with Crippen molar-refractivity contribution in [1.29, 1.82) is 0 Å². The molecule has 7 nitrogen and oxygen atoms in total. The Morgan fingerprint density at radius 2 is 2.19 bits per heavy atom. The second kappa shape index (κ2) is 6.74. The van der Waals surface area contributed by atoms with Crippen molar-refractivity contribution in [3.8, 4) is 11.4 Å². The number of anilines is 1. The molecule has 4 rings (SSSR count). The van der Waals surface area contributed by atoms with Crippen molar-refractivity contribution in [2.24, 2.45) is 0 Å². The van der Waals surface area contributed by atoms with Gasteiger partial charge in [-0.15, -0.1) is 5.10 Å². The number of nitrogens with zero attached hydrogens (tertiary/aromatic N) is 5. The first kappa shape index (κ1) is 17.1. The summed E-state index contributed by atoms with van der Waals surface area (Å²) in [7, 11) is 2.13. The number of rotatable bonds is 3. The van der Waals surface area contributed by atoms with Crippen molar-refractivity contribution in [2.75, 3.05) is 25.5 Å². The Hall–Kier alpha value is -2.38. The van der Waals surface area contributed by atoms with Crippen LogP contribution in [0.5, 0.6) is 5.75 Å². The molecule has 26 heavy (non-hydrogen) atoms. The van der Waals surface area contributed by atoms with Crippen LogP contribution in [-0.4, -0.2) is 55.9 Å². The van der Waals surface area contributed by atoms with Crippen molar-refractivity contribution in [2.45, 2.75) is 25.8 Å². The normalized spacial score (nSPS) is 18.3. The highest BCUT2D eigenvalue weighted by Crippen LogP contribution is 2.30. The number of aromatic nitrogens is 4. The van der Waals surface area contributed by atoms with Gasteiger partial charge in [-0.1, -0.05) is 11.6 Å². The molecule has 0 aliphatic carbocycles. The predicted molar refractivity (Wildman–Crippen MR) is 102 cm³/mol. The number of hydrogen-bond donors (Lipinski definition) is 2. The maximum absolute atomic E-state index is 10.2. The molecule has 1 saturated heterocycles. The predicted octanol–water partition coefficient (Wildman–Crippen LogP) is 2.99. The number of fused-ring (bicyclic) bond motifs is 1. The highest BCUT2D eigenvalue weighted by atomic mass is 35.5. The van der Waals surface area contributed by atoms with E-state index in [1.807, 2.05) is 13.1 Å². The molecule has 1 atom stereocenters. The highest BCUT2D eigenvalue weighted by molar-refractivity contribution is 6.30. The molecule has 3 heterocycles. The number of phenolic OH excluding ortho intramolecular Hbond substituents is 1. The third kappa shape index (κ3) is 3.32. The van der Waals surface area contributed by atoms with Crippen LogP contribution in [0.1, 0.15) is 18.4 Å². The fraction of sp³-hybridized carbons (Fsp3) is 0.389. The lowest BCUT2D eigenvalue weighted by Gasteiger charge is -2.30. The fourth-order valence-corrected chi connectivity index (χ4v) is 3.75. The Balaban J connectivity index is 1.64. The summed E-state index contributed by atoms with van der Waals surface area (Å²) in [5, 5.41) is 19.5. The minimum Gasteiger partial charge on any atom is -0.506 e. The van der Waals surface area contributed by atoms with Crippen molar-refractivity contribution in [3.63, 3.8) is 0 Å². The lowest BCUT2D eigenvalue weighted by atomic mass is 10.1. The summed E-state index contributed by atoms with van der Waals surface area (Å²) in [4.78, 5) is 11.3. The molecule has 1 aliphatic rings. The van der Waals surface area contributed by atoms with E-state index in [0.29, 0.717) is 28.3 Å². The second-order valence-corrected chi connectivity index (χ2v) is 7.32. The number of piperidine rings is 1. The van der Waals surface area contributed by atoms with E-state index in [9.17, 15) is 5.11 Å². The minimum absolute atomic E-state index is 0.0827. The standard InChI is InChI=1S/C18H21ClN6O/c1-11-6-13(19)7-15(26)16(11)25-9-12-8-20-18(22-17(12)23-25)21-14-4-3-5-24(2)10-14/h6-9,14,26H,3-5,10H2,1-2H3,(H,21,22,23)/t14-/m1/s1. The molecular formula is C18H21ClN6O. The SMILES string of the molecule is Cc1cc(Cl)cc(O)c1-n1cc2cnc(N[C@@H]3CCCN(C)C3)nc2n1. The zero-order valence-corrected chi connectivity index (χ0v) is 15.5. The summed E-state index contributed by atoms with van der Waals surface area (Å²) in [6, 6.07) is 3.64. The van der Waals surface area contributed by atoms with Gasteiger partial charge in [-0.2, -0.15) is 4.98 Å². The van der Waals surface area contributed by atoms with Gasteiger partial charge in [-0.25, -0.2) is 9.67 Å². The van der Waals surface area contributed by atoms with Crippen molar-refractivity contribution >= 4 is 28.6 Å².